The van der Waals surface area contributed by atoms with E-state index in [9.17, 15) is 4.79 Å². The SMILES string of the molecule is CC(CCN)CCC(=O)NCc1cccc2ccccc12. The summed E-state index contributed by atoms with van der Waals surface area (Å²) in [4.78, 5) is 11.9. The molecule has 0 saturated heterocycles. The number of benzene rings is 2. The first-order valence-electron chi connectivity index (χ1n) is 7.64. The van der Waals surface area contributed by atoms with Crippen LogP contribution in [0.3, 0.4) is 0 Å². The minimum absolute atomic E-state index is 0.117. The van der Waals surface area contributed by atoms with Gasteiger partial charge in [-0.25, -0.2) is 0 Å². The fourth-order valence-corrected chi connectivity index (χ4v) is 2.54. The minimum Gasteiger partial charge on any atom is -0.352 e. The molecular formula is C18H24N2O. The van der Waals surface area contributed by atoms with E-state index in [-0.39, 0.29) is 5.91 Å². The summed E-state index contributed by atoms with van der Waals surface area (Å²) in [5.74, 6) is 0.630. The quantitative estimate of drug-likeness (QED) is 0.820. The molecule has 0 spiro atoms. The van der Waals surface area contributed by atoms with Crippen LogP contribution in [0.2, 0.25) is 0 Å². The Kier molecular flexibility index (Phi) is 5.76. The maximum Gasteiger partial charge on any atom is 0.220 e. The van der Waals surface area contributed by atoms with Crippen molar-refractivity contribution < 1.29 is 4.79 Å². The third-order valence-electron chi connectivity index (χ3n) is 3.88. The first-order valence-corrected chi connectivity index (χ1v) is 7.64. The fourth-order valence-electron chi connectivity index (χ4n) is 2.54. The molecule has 0 aliphatic carbocycles. The molecule has 0 aliphatic rings. The van der Waals surface area contributed by atoms with Crippen molar-refractivity contribution >= 4 is 16.7 Å². The lowest BCUT2D eigenvalue weighted by Crippen LogP contribution is -2.23. The summed E-state index contributed by atoms with van der Waals surface area (Å²) in [6, 6.07) is 14.4. The van der Waals surface area contributed by atoms with Crippen molar-refractivity contribution in [3.63, 3.8) is 0 Å². The third kappa shape index (κ3) is 4.57. The molecule has 0 radical (unpaired) electrons. The number of carbonyl (C=O) groups excluding carboxylic acids is 1. The molecule has 0 heterocycles. The van der Waals surface area contributed by atoms with Gasteiger partial charge in [-0.1, -0.05) is 49.4 Å². The molecule has 0 aromatic heterocycles. The number of carbonyl (C=O) groups is 1. The summed E-state index contributed by atoms with van der Waals surface area (Å²) < 4.78 is 0. The molecule has 2 rings (SSSR count). The van der Waals surface area contributed by atoms with Crippen LogP contribution in [0.4, 0.5) is 0 Å². The minimum atomic E-state index is 0.117. The van der Waals surface area contributed by atoms with E-state index >= 15 is 0 Å². The lowest BCUT2D eigenvalue weighted by Gasteiger charge is -2.11. The van der Waals surface area contributed by atoms with Gasteiger partial charge in [0.05, 0.1) is 0 Å². The number of amides is 1. The van der Waals surface area contributed by atoms with Crippen LogP contribution in [0, 0.1) is 5.92 Å². The van der Waals surface area contributed by atoms with Gasteiger partial charge in [0.15, 0.2) is 0 Å². The monoisotopic (exact) mass is 284 g/mol. The predicted molar refractivity (Wildman–Crippen MR) is 87.9 cm³/mol. The molecule has 3 N–H and O–H groups in total. The van der Waals surface area contributed by atoms with Crippen LogP contribution in [0.5, 0.6) is 0 Å². The molecule has 0 bridgehead atoms. The van der Waals surface area contributed by atoms with E-state index in [1.807, 2.05) is 18.2 Å². The number of hydrogen-bond donors (Lipinski definition) is 2. The fraction of sp³-hybridized carbons (Fsp3) is 0.389. The Morgan fingerprint density at radius 1 is 1.14 bits per heavy atom. The summed E-state index contributed by atoms with van der Waals surface area (Å²) >= 11 is 0. The zero-order valence-corrected chi connectivity index (χ0v) is 12.6. The highest BCUT2D eigenvalue weighted by Crippen LogP contribution is 2.18. The molecule has 0 aliphatic heterocycles. The summed E-state index contributed by atoms with van der Waals surface area (Å²) in [6.07, 6.45) is 2.46. The van der Waals surface area contributed by atoms with Crippen molar-refractivity contribution in [3.8, 4) is 0 Å². The van der Waals surface area contributed by atoms with Gasteiger partial charge in [-0.15, -0.1) is 0 Å². The van der Waals surface area contributed by atoms with Gasteiger partial charge < -0.3 is 11.1 Å². The van der Waals surface area contributed by atoms with Gasteiger partial charge in [-0.05, 0) is 41.6 Å². The summed E-state index contributed by atoms with van der Waals surface area (Å²) in [7, 11) is 0. The average Bonchev–Trinajstić information content (AvgIpc) is 2.51. The first-order chi connectivity index (χ1) is 10.2. The van der Waals surface area contributed by atoms with Crippen molar-refractivity contribution in [2.75, 3.05) is 6.54 Å². The Morgan fingerprint density at radius 2 is 1.90 bits per heavy atom. The molecule has 2 aromatic carbocycles. The number of nitrogens with one attached hydrogen (secondary N) is 1. The van der Waals surface area contributed by atoms with E-state index in [1.165, 1.54) is 10.8 Å². The summed E-state index contributed by atoms with van der Waals surface area (Å²) in [6.45, 7) is 3.43. The molecule has 0 fully saturated rings. The topological polar surface area (TPSA) is 55.1 Å². The zero-order valence-electron chi connectivity index (χ0n) is 12.6. The average molecular weight is 284 g/mol. The van der Waals surface area contributed by atoms with Crippen molar-refractivity contribution in [3.05, 3.63) is 48.0 Å². The predicted octanol–water partition coefficient (Wildman–Crippen LogP) is 3.22. The van der Waals surface area contributed by atoms with Crippen LogP contribution in [0.15, 0.2) is 42.5 Å². The van der Waals surface area contributed by atoms with E-state index in [0.29, 0.717) is 25.4 Å². The Hall–Kier alpha value is -1.87. The number of hydrogen-bond acceptors (Lipinski definition) is 2. The van der Waals surface area contributed by atoms with Crippen LogP contribution in [-0.4, -0.2) is 12.5 Å². The second-order valence-corrected chi connectivity index (χ2v) is 5.64. The second-order valence-electron chi connectivity index (χ2n) is 5.64. The molecule has 112 valence electrons. The standard InChI is InChI=1S/C18H24N2O/c1-14(11-12-19)9-10-18(21)20-13-16-7-4-6-15-5-2-3-8-17(15)16/h2-8,14H,9-13,19H2,1H3,(H,20,21). The van der Waals surface area contributed by atoms with Crippen LogP contribution < -0.4 is 11.1 Å². The second kappa shape index (κ2) is 7.79. The van der Waals surface area contributed by atoms with E-state index < -0.39 is 0 Å². The van der Waals surface area contributed by atoms with Crippen LogP contribution in [-0.2, 0) is 11.3 Å². The van der Waals surface area contributed by atoms with Crippen LogP contribution in [0.1, 0.15) is 31.7 Å². The van der Waals surface area contributed by atoms with Crippen molar-refractivity contribution in [2.45, 2.75) is 32.7 Å². The van der Waals surface area contributed by atoms with Crippen molar-refractivity contribution in [1.29, 1.82) is 0 Å². The third-order valence-corrected chi connectivity index (χ3v) is 3.88. The molecule has 0 saturated carbocycles. The van der Waals surface area contributed by atoms with Crippen molar-refractivity contribution in [1.82, 2.24) is 5.32 Å². The lowest BCUT2D eigenvalue weighted by atomic mass is 10.0. The molecular weight excluding hydrogens is 260 g/mol. The smallest absolute Gasteiger partial charge is 0.220 e. The molecule has 21 heavy (non-hydrogen) atoms. The van der Waals surface area contributed by atoms with Gasteiger partial charge in [-0.3, -0.25) is 4.79 Å². The Balaban J connectivity index is 1.88. The number of rotatable bonds is 7. The van der Waals surface area contributed by atoms with E-state index in [1.54, 1.807) is 0 Å². The van der Waals surface area contributed by atoms with Crippen LogP contribution >= 0.6 is 0 Å². The zero-order chi connectivity index (χ0) is 15.1. The van der Waals surface area contributed by atoms with Gasteiger partial charge in [0.25, 0.3) is 0 Å². The number of fused-ring (bicyclic) bond motifs is 1. The van der Waals surface area contributed by atoms with E-state index in [2.05, 4.69) is 36.5 Å². The largest absolute Gasteiger partial charge is 0.352 e. The maximum absolute atomic E-state index is 11.9. The maximum atomic E-state index is 11.9. The van der Waals surface area contributed by atoms with Gasteiger partial charge in [0.1, 0.15) is 0 Å². The van der Waals surface area contributed by atoms with Crippen molar-refractivity contribution in [2.24, 2.45) is 11.7 Å². The molecule has 2 aromatic rings. The van der Waals surface area contributed by atoms with E-state index in [0.717, 1.165) is 18.4 Å². The van der Waals surface area contributed by atoms with Gasteiger partial charge in [0.2, 0.25) is 5.91 Å². The molecule has 3 nitrogen and oxygen atoms in total. The molecule has 1 amide bonds. The Bertz CT molecular complexity index is 589. The molecule has 1 unspecified atom stereocenters. The van der Waals surface area contributed by atoms with Crippen LogP contribution in [0.25, 0.3) is 10.8 Å². The molecule has 1 atom stereocenters. The highest BCUT2D eigenvalue weighted by molar-refractivity contribution is 5.86. The van der Waals surface area contributed by atoms with E-state index in [4.69, 9.17) is 5.73 Å². The molecule has 3 heteroatoms. The van der Waals surface area contributed by atoms with Gasteiger partial charge in [-0.2, -0.15) is 0 Å². The highest BCUT2D eigenvalue weighted by atomic mass is 16.1. The normalized spacial score (nSPS) is 12.3. The Labute approximate surface area is 126 Å². The Morgan fingerprint density at radius 3 is 2.71 bits per heavy atom. The van der Waals surface area contributed by atoms with Gasteiger partial charge >= 0.3 is 0 Å². The first kappa shape index (κ1) is 15.5. The summed E-state index contributed by atoms with van der Waals surface area (Å²) in [5.41, 5.74) is 6.69. The van der Waals surface area contributed by atoms with Gasteiger partial charge in [0, 0.05) is 13.0 Å². The highest BCUT2D eigenvalue weighted by Gasteiger charge is 2.07. The number of nitrogens with two attached hydrogens (primary N) is 1. The summed E-state index contributed by atoms with van der Waals surface area (Å²) in [5, 5.41) is 5.43. The lowest BCUT2D eigenvalue weighted by molar-refractivity contribution is -0.121.